The molecule has 1 aromatic rings. The Kier molecular flexibility index (Phi) is 5.72. The summed E-state index contributed by atoms with van der Waals surface area (Å²) in [6.07, 6.45) is 0.457. The Morgan fingerprint density at radius 1 is 1.32 bits per heavy atom. The monoisotopic (exact) mass is 332 g/mol. The molecule has 1 amide bonds. The van der Waals surface area contributed by atoms with Crippen molar-refractivity contribution in [2.24, 2.45) is 5.92 Å². The number of benzene rings is 1. The van der Waals surface area contributed by atoms with Crippen molar-refractivity contribution >= 4 is 18.3 Å². The first-order chi connectivity index (χ1) is 10.1. The molecule has 2 heterocycles. The molecular weight excluding hydrogens is 314 g/mol. The van der Waals surface area contributed by atoms with Crippen molar-refractivity contribution in [3.05, 3.63) is 35.4 Å². The molecule has 22 heavy (non-hydrogen) atoms. The quantitative estimate of drug-likeness (QED) is 0.899. The Bertz CT molecular complexity index is 538. The summed E-state index contributed by atoms with van der Waals surface area (Å²) < 4.78 is 31.9. The molecule has 2 saturated heterocycles. The lowest BCUT2D eigenvalue weighted by molar-refractivity contribution is -0.142. The van der Waals surface area contributed by atoms with Crippen molar-refractivity contribution in [2.45, 2.75) is 12.5 Å². The molecule has 0 spiro atoms. The molecule has 0 bridgehead atoms. The van der Waals surface area contributed by atoms with Crippen LogP contribution < -0.4 is 5.32 Å². The molecule has 2 aliphatic heterocycles. The lowest BCUT2D eigenvalue weighted by Gasteiger charge is -2.34. The molecular formula is C15H19ClF2N2O2. The van der Waals surface area contributed by atoms with Crippen LogP contribution in [0.2, 0.25) is 0 Å². The summed E-state index contributed by atoms with van der Waals surface area (Å²) in [5, 5.41) is 3.18. The van der Waals surface area contributed by atoms with Gasteiger partial charge in [-0.15, -0.1) is 12.4 Å². The Hall–Kier alpha value is -1.24. The van der Waals surface area contributed by atoms with Gasteiger partial charge in [-0.3, -0.25) is 4.79 Å². The van der Waals surface area contributed by atoms with E-state index < -0.39 is 17.7 Å². The zero-order chi connectivity index (χ0) is 14.8. The van der Waals surface area contributed by atoms with Gasteiger partial charge < -0.3 is 15.0 Å². The average molecular weight is 333 g/mol. The van der Waals surface area contributed by atoms with Crippen molar-refractivity contribution in [3.63, 3.8) is 0 Å². The standard InChI is InChI=1S/C15H18F2N2O2.ClH/c16-12-2-1-10(7-13(12)17)14-9-19(5-6-21-14)15(20)11-3-4-18-8-11;/h1-2,7,11,14,18H,3-6,8-9H2;1H. The van der Waals surface area contributed by atoms with Crippen molar-refractivity contribution < 1.29 is 18.3 Å². The minimum atomic E-state index is -0.889. The normalized spacial score (nSPS) is 24.9. The van der Waals surface area contributed by atoms with Crippen LogP contribution >= 0.6 is 12.4 Å². The third-order valence-corrected chi connectivity index (χ3v) is 4.10. The number of hydrogen-bond donors (Lipinski definition) is 1. The van der Waals surface area contributed by atoms with E-state index in [9.17, 15) is 13.6 Å². The Labute approximate surface area is 134 Å². The Balaban J connectivity index is 0.00000176. The smallest absolute Gasteiger partial charge is 0.227 e. The van der Waals surface area contributed by atoms with Crippen LogP contribution in [0.3, 0.4) is 0 Å². The van der Waals surface area contributed by atoms with Gasteiger partial charge in [-0.05, 0) is 30.7 Å². The molecule has 0 saturated carbocycles. The largest absolute Gasteiger partial charge is 0.370 e. The summed E-state index contributed by atoms with van der Waals surface area (Å²) in [6, 6.07) is 3.75. The summed E-state index contributed by atoms with van der Waals surface area (Å²) in [6.45, 7) is 2.94. The third-order valence-electron chi connectivity index (χ3n) is 4.10. The number of halogens is 3. The average Bonchev–Trinajstić information content (AvgIpc) is 3.04. The summed E-state index contributed by atoms with van der Waals surface area (Å²) in [5.74, 6) is -1.62. The van der Waals surface area contributed by atoms with Crippen LogP contribution in [0.25, 0.3) is 0 Å². The van der Waals surface area contributed by atoms with Crippen LogP contribution in [0.5, 0.6) is 0 Å². The lowest BCUT2D eigenvalue weighted by Crippen LogP contribution is -2.45. The maximum Gasteiger partial charge on any atom is 0.227 e. The molecule has 2 unspecified atom stereocenters. The van der Waals surface area contributed by atoms with E-state index in [4.69, 9.17) is 4.74 Å². The minimum absolute atomic E-state index is 0. The van der Waals surface area contributed by atoms with Gasteiger partial charge in [-0.1, -0.05) is 6.07 Å². The maximum atomic E-state index is 13.3. The first-order valence-corrected chi connectivity index (χ1v) is 7.21. The van der Waals surface area contributed by atoms with E-state index >= 15 is 0 Å². The molecule has 122 valence electrons. The molecule has 0 radical (unpaired) electrons. The van der Waals surface area contributed by atoms with Crippen LogP contribution in [-0.4, -0.2) is 43.6 Å². The second kappa shape index (κ2) is 7.35. The number of hydrogen-bond acceptors (Lipinski definition) is 3. The van der Waals surface area contributed by atoms with Crippen molar-refractivity contribution in [1.29, 1.82) is 0 Å². The zero-order valence-electron chi connectivity index (χ0n) is 12.1. The number of amides is 1. The maximum absolute atomic E-state index is 13.3. The molecule has 0 aliphatic carbocycles. The Morgan fingerprint density at radius 2 is 2.14 bits per heavy atom. The second-order valence-electron chi connectivity index (χ2n) is 5.51. The Morgan fingerprint density at radius 3 is 2.82 bits per heavy atom. The summed E-state index contributed by atoms with van der Waals surface area (Å²) in [7, 11) is 0. The molecule has 1 aromatic carbocycles. The fourth-order valence-corrected chi connectivity index (χ4v) is 2.89. The van der Waals surface area contributed by atoms with E-state index in [1.165, 1.54) is 6.07 Å². The zero-order valence-corrected chi connectivity index (χ0v) is 12.9. The topological polar surface area (TPSA) is 41.6 Å². The minimum Gasteiger partial charge on any atom is -0.370 e. The van der Waals surface area contributed by atoms with Gasteiger partial charge in [0.15, 0.2) is 11.6 Å². The van der Waals surface area contributed by atoms with Gasteiger partial charge in [-0.2, -0.15) is 0 Å². The molecule has 7 heteroatoms. The second-order valence-corrected chi connectivity index (χ2v) is 5.51. The molecule has 0 aromatic heterocycles. The van der Waals surface area contributed by atoms with E-state index in [2.05, 4.69) is 5.32 Å². The lowest BCUT2D eigenvalue weighted by atomic mass is 10.0. The predicted octanol–water partition coefficient (Wildman–Crippen LogP) is 1.90. The SMILES string of the molecule is Cl.O=C(C1CCNC1)N1CCOC(c2ccc(F)c(F)c2)C1. The summed E-state index contributed by atoms with van der Waals surface area (Å²) >= 11 is 0. The van der Waals surface area contributed by atoms with E-state index in [-0.39, 0.29) is 24.2 Å². The molecule has 1 N–H and O–H groups in total. The number of rotatable bonds is 2. The van der Waals surface area contributed by atoms with Crippen LogP contribution in [0.1, 0.15) is 18.1 Å². The van der Waals surface area contributed by atoms with Crippen LogP contribution in [0, 0.1) is 17.6 Å². The van der Waals surface area contributed by atoms with Gasteiger partial charge in [0.25, 0.3) is 0 Å². The fourth-order valence-electron chi connectivity index (χ4n) is 2.89. The van der Waals surface area contributed by atoms with E-state index in [1.807, 2.05) is 0 Å². The molecule has 4 nitrogen and oxygen atoms in total. The molecule has 2 atom stereocenters. The highest BCUT2D eigenvalue weighted by molar-refractivity contribution is 5.85. The molecule has 2 fully saturated rings. The number of carbonyl (C=O) groups excluding carboxylic acids is 1. The van der Waals surface area contributed by atoms with Crippen LogP contribution in [-0.2, 0) is 9.53 Å². The van der Waals surface area contributed by atoms with Crippen LogP contribution in [0.15, 0.2) is 18.2 Å². The van der Waals surface area contributed by atoms with Gasteiger partial charge in [0.1, 0.15) is 6.10 Å². The van der Waals surface area contributed by atoms with E-state index in [1.54, 1.807) is 4.90 Å². The van der Waals surface area contributed by atoms with Crippen molar-refractivity contribution in [3.8, 4) is 0 Å². The molecule has 2 aliphatic rings. The third kappa shape index (κ3) is 3.56. The van der Waals surface area contributed by atoms with E-state index in [0.29, 0.717) is 31.8 Å². The van der Waals surface area contributed by atoms with Crippen molar-refractivity contribution in [1.82, 2.24) is 10.2 Å². The van der Waals surface area contributed by atoms with Gasteiger partial charge >= 0.3 is 0 Å². The van der Waals surface area contributed by atoms with E-state index in [0.717, 1.165) is 25.1 Å². The number of carbonyl (C=O) groups is 1. The van der Waals surface area contributed by atoms with Gasteiger partial charge in [-0.25, -0.2) is 8.78 Å². The number of morpholine rings is 1. The highest BCUT2D eigenvalue weighted by Gasteiger charge is 2.31. The predicted molar refractivity (Wildman–Crippen MR) is 79.9 cm³/mol. The highest BCUT2D eigenvalue weighted by Crippen LogP contribution is 2.25. The number of nitrogens with one attached hydrogen (secondary N) is 1. The van der Waals surface area contributed by atoms with Crippen molar-refractivity contribution in [2.75, 3.05) is 32.8 Å². The first kappa shape index (κ1) is 17.1. The fraction of sp³-hybridized carbons (Fsp3) is 0.533. The van der Waals surface area contributed by atoms with Crippen LogP contribution in [0.4, 0.5) is 8.78 Å². The summed E-state index contributed by atoms with van der Waals surface area (Å²) in [4.78, 5) is 14.2. The highest BCUT2D eigenvalue weighted by atomic mass is 35.5. The molecule has 3 rings (SSSR count). The van der Waals surface area contributed by atoms with Gasteiger partial charge in [0, 0.05) is 13.1 Å². The van der Waals surface area contributed by atoms with Gasteiger partial charge in [0.2, 0.25) is 5.91 Å². The summed E-state index contributed by atoms with van der Waals surface area (Å²) in [5.41, 5.74) is 0.566. The number of nitrogens with zero attached hydrogens (tertiary/aromatic N) is 1. The first-order valence-electron chi connectivity index (χ1n) is 7.21. The number of ether oxygens (including phenoxy) is 1. The van der Waals surface area contributed by atoms with Gasteiger partial charge in [0.05, 0.1) is 19.1 Å².